The largest absolute Gasteiger partial charge is 0.416 e. The van der Waals surface area contributed by atoms with Crippen LogP contribution >= 0.6 is 0 Å². The molecular weight excluding hydrogens is 255 g/mol. The van der Waals surface area contributed by atoms with Gasteiger partial charge in [-0.05, 0) is 12.0 Å². The van der Waals surface area contributed by atoms with Crippen molar-refractivity contribution in [3.8, 4) is 0 Å². The van der Waals surface area contributed by atoms with E-state index in [0.29, 0.717) is 6.54 Å². The molecule has 5 heteroatoms. The molecule has 1 aromatic carbocycles. The lowest BCUT2D eigenvalue weighted by atomic mass is 10.0. The van der Waals surface area contributed by atoms with Crippen LogP contribution in [0.15, 0.2) is 30.3 Å². The van der Waals surface area contributed by atoms with E-state index in [2.05, 4.69) is 0 Å². The normalized spacial score (nSPS) is 24.8. The topological polar surface area (TPSA) is 12.5 Å². The van der Waals surface area contributed by atoms with Gasteiger partial charge >= 0.3 is 6.18 Å². The molecule has 0 amide bonds. The molecule has 106 valence electrons. The number of hydrogen-bond acceptors (Lipinski definition) is 2. The first kappa shape index (κ1) is 14.3. The van der Waals surface area contributed by atoms with Crippen molar-refractivity contribution in [2.24, 2.45) is 0 Å². The molecule has 1 saturated heterocycles. The van der Waals surface area contributed by atoms with E-state index < -0.39 is 12.3 Å². The van der Waals surface area contributed by atoms with Crippen molar-refractivity contribution in [3.05, 3.63) is 35.9 Å². The van der Waals surface area contributed by atoms with Crippen LogP contribution in [0, 0.1) is 0 Å². The monoisotopic (exact) mass is 273 g/mol. The van der Waals surface area contributed by atoms with Crippen LogP contribution in [0.2, 0.25) is 0 Å². The Balaban J connectivity index is 2.14. The van der Waals surface area contributed by atoms with Gasteiger partial charge in [0.15, 0.2) is 6.10 Å². The van der Waals surface area contributed by atoms with Gasteiger partial charge in [-0.25, -0.2) is 0 Å². The lowest BCUT2D eigenvalue weighted by molar-refractivity contribution is -0.268. The summed E-state index contributed by atoms with van der Waals surface area (Å²) in [6, 6.07) is 8.94. The van der Waals surface area contributed by atoms with Crippen molar-refractivity contribution in [2.75, 3.05) is 6.54 Å². The van der Waals surface area contributed by atoms with Gasteiger partial charge in [0.25, 0.3) is 0 Å². The van der Waals surface area contributed by atoms with E-state index in [9.17, 15) is 13.2 Å². The maximum absolute atomic E-state index is 12.8. The first-order chi connectivity index (χ1) is 9.02. The summed E-state index contributed by atoms with van der Waals surface area (Å²) < 4.78 is 38.4. The number of unbranched alkanes of at least 4 members (excludes halogenated alkanes) is 1. The predicted octanol–water partition coefficient (Wildman–Crippen LogP) is 4.10. The molecule has 2 atom stereocenters. The molecule has 0 unspecified atom stereocenters. The molecule has 0 spiro atoms. The van der Waals surface area contributed by atoms with Gasteiger partial charge in [-0.15, -0.1) is 0 Å². The fourth-order valence-electron chi connectivity index (χ4n) is 2.29. The fraction of sp³-hybridized carbons (Fsp3) is 0.571. The fourth-order valence-corrected chi connectivity index (χ4v) is 2.29. The highest BCUT2D eigenvalue weighted by Gasteiger charge is 2.49. The lowest BCUT2D eigenvalue weighted by Gasteiger charge is -2.22. The molecule has 2 rings (SSSR count). The molecule has 1 aliphatic heterocycles. The zero-order chi connectivity index (χ0) is 13.9. The van der Waals surface area contributed by atoms with E-state index in [0.717, 1.165) is 18.4 Å². The molecule has 1 fully saturated rings. The lowest BCUT2D eigenvalue weighted by Crippen LogP contribution is -2.30. The molecule has 1 heterocycles. The quantitative estimate of drug-likeness (QED) is 0.819. The highest BCUT2D eigenvalue weighted by atomic mass is 19.4. The summed E-state index contributed by atoms with van der Waals surface area (Å²) in [5.41, 5.74) is 0.880. The zero-order valence-corrected chi connectivity index (χ0v) is 10.9. The predicted molar refractivity (Wildman–Crippen MR) is 66.3 cm³/mol. The van der Waals surface area contributed by atoms with E-state index in [-0.39, 0.29) is 12.5 Å². The molecule has 1 aliphatic rings. The Bertz CT molecular complexity index is 393. The summed E-state index contributed by atoms with van der Waals surface area (Å²) >= 11 is 0. The van der Waals surface area contributed by atoms with E-state index in [1.165, 1.54) is 5.06 Å². The zero-order valence-electron chi connectivity index (χ0n) is 10.9. The number of hydroxylamine groups is 2. The molecule has 0 aromatic heterocycles. The van der Waals surface area contributed by atoms with Gasteiger partial charge in [-0.1, -0.05) is 43.7 Å². The molecule has 0 N–H and O–H groups in total. The van der Waals surface area contributed by atoms with E-state index >= 15 is 0 Å². The minimum absolute atomic E-state index is 0.0305. The van der Waals surface area contributed by atoms with E-state index in [1.807, 2.05) is 37.3 Å². The Labute approximate surface area is 111 Å². The van der Waals surface area contributed by atoms with Crippen LogP contribution in [0.4, 0.5) is 13.2 Å². The average Bonchev–Trinajstić information content (AvgIpc) is 2.81. The standard InChI is InChI=1S/C14H18F3NO/c1-2-3-9-18-12(11-7-5-4-6-8-11)10-13(19-18)14(15,16)17/h4-8,12-13H,2-3,9-10H2,1H3/t12-,13+/m0/s1. The number of nitrogens with zero attached hydrogens (tertiary/aromatic N) is 1. The third-order valence-corrected chi connectivity index (χ3v) is 3.33. The second-order valence-corrected chi connectivity index (χ2v) is 4.79. The third kappa shape index (κ3) is 3.48. The number of alkyl halides is 3. The molecule has 1 aromatic rings. The first-order valence-corrected chi connectivity index (χ1v) is 6.57. The van der Waals surface area contributed by atoms with Gasteiger partial charge in [0.2, 0.25) is 0 Å². The number of halogens is 3. The van der Waals surface area contributed by atoms with Gasteiger partial charge in [0.05, 0.1) is 6.04 Å². The Morgan fingerprint density at radius 2 is 1.95 bits per heavy atom. The summed E-state index contributed by atoms with van der Waals surface area (Å²) in [5, 5.41) is 1.50. The van der Waals surface area contributed by atoms with Gasteiger partial charge in [0.1, 0.15) is 0 Å². The molecule has 19 heavy (non-hydrogen) atoms. The highest BCUT2D eigenvalue weighted by molar-refractivity contribution is 5.19. The van der Waals surface area contributed by atoms with Gasteiger partial charge in [-0.3, -0.25) is 4.84 Å². The van der Waals surface area contributed by atoms with Crippen molar-refractivity contribution in [1.82, 2.24) is 5.06 Å². The summed E-state index contributed by atoms with van der Waals surface area (Å²) in [4.78, 5) is 5.10. The molecule has 2 nitrogen and oxygen atoms in total. The maximum atomic E-state index is 12.8. The summed E-state index contributed by atoms with van der Waals surface area (Å²) in [7, 11) is 0. The SMILES string of the molecule is CCCCN1O[C@@H](C(F)(F)F)C[C@H]1c1ccccc1. The Morgan fingerprint density at radius 3 is 2.53 bits per heavy atom. The second-order valence-electron chi connectivity index (χ2n) is 4.79. The minimum atomic E-state index is -4.30. The van der Waals surface area contributed by atoms with Crippen LogP contribution in [-0.4, -0.2) is 23.9 Å². The number of hydrogen-bond donors (Lipinski definition) is 0. The van der Waals surface area contributed by atoms with E-state index in [1.54, 1.807) is 0 Å². The van der Waals surface area contributed by atoms with Crippen molar-refractivity contribution < 1.29 is 18.0 Å². The van der Waals surface area contributed by atoms with Gasteiger partial charge in [0, 0.05) is 13.0 Å². The first-order valence-electron chi connectivity index (χ1n) is 6.57. The molecule has 0 bridgehead atoms. The Morgan fingerprint density at radius 1 is 1.26 bits per heavy atom. The Hall–Kier alpha value is -1.07. The van der Waals surface area contributed by atoms with Crippen LogP contribution in [0.3, 0.4) is 0 Å². The van der Waals surface area contributed by atoms with Crippen LogP contribution in [0.5, 0.6) is 0 Å². The molecule has 0 radical (unpaired) electrons. The summed E-state index contributed by atoms with van der Waals surface area (Å²) in [6.07, 6.45) is -4.26. The Kier molecular flexibility index (Phi) is 4.47. The average molecular weight is 273 g/mol. The van der Waals surface area contributed by atoms with Gasteiger partial charge in [-0.2, -0.15) is 18.2 Å². The number of rotatable bonds is 4. The summed E-state index contributed by atoms with van der Waals surface area (Å²) in [5.74, 6) is 0. The highest BCUT2D eigenvalue weighted by Crippen LogP contribution is 2.40. The second kappa shape index (κ2) is 5.92. The van der Waals surface area contributed by atoms with Crippen molar-refractivity contribution >= 4 is 0 Å². The van der Waals surface area contributed by atoms with E-state index in [4.69, 9.17) is 4.84 Å². The smallest absolute Gasteiger partial charge is 0.285 e. The summed E-state index contributed by atoms with van der Waals surface area (Å²) in [6.45, 7) is 2.54. The van der Waals surface area contributed by atoms with Crippen molar-refractivity contribution in [1.29, 1.82) is 0 Å². The van der Waals surface area contributed by atoms with Crippen molar-refractivity contribution in [2.45, 2.75) is 44.5 Å². The van der Waals surface area contributed by atoms with Crippen LogP contribution in [0.25, 0.3) is 0 Å². The minimum Gasteiger partial charge on any atom is -0.285 e. The van der Waals surface area contributed by atoms with Crippen LogP contribution in [-0.2, 0) is 4.84 Å². The molecular formula is C14H18F3NO. The maximum Gasteiger partial charge on any atom is 0.416 e. The van der Waals surface area contributed by atoms with Gasteiger partial charge < -0.3 is 0 Å². The molecule has 0 aliphatic carbocycles. The third-order valence-electron chi connectivity index (χ3n) is 3.33. The number of benzene rings is 1. The van der Waals surface area contributed by atoms with Crippen LogP contribution < -0.4 is 0 Å². The molecule has 0 saturated carbocycles. The van der Waals surface area contributed by atoms with Crippen LogP contribution in [0.1, 0.15) is 37.8 Å². The van der Waals surface area contributed by atoms with Crippen molar-refractivity contribution in [3.63, 3.8) is 0 Å².